The Balaban J connectivity index is 1.61. The summed E-state index contributed by atoms with van der Waals surface area (Å²) in [5, 5.41) is 5.81. The summed E-state index contributed by atoms with van der Waals surface area (Å²) >= 11 is 11.8. The lowest BCUT2D eigenvalue weighted by Gasteiger charge is -2.19. The number of anilines is 2. The maximum absolute atomic E-state index is 12.2. The summed E-state index contributed by atoms with van der Waals surface area (Å²) in [7, 11) is 1.50. The molecule has 1 heterocycles. The highest BCUT2D eigenvalue weighted by Gasteiger charge is 2.24. The summed E-state index contributed by atoms with van der Waals surface area (Å²) in [6.07, 6.45) is 1.32. The molecule has 3 rings (SSSR count). The van der Waals surface area contributed by atoms with Gasteiger partial charge in [0, 0.05) is 29.7 Å². The predicted octanol–water partition coefficient (Wildman–Crippen LogP) is 3.50. The second-order valence-electron chi connectivity index (χ2n) is 6.39. The number of methoxy groups -OCH3 is 1. The van der Waals surface area contributed by atoms with E-state index in [-0.39, 0.29) is 23.0 Å². The van der Waals surface area contributed by atoms with Crippen molar-refractivity contribution >= 4 is 52.3 Å². The molecular formula is C20H19Cl2N3O4. The zero-order valence-electron chi connectivity index (χ0n) is 15.6. The number of hydrogen-bond acceptors (Lipinski definition) is 4. The van der Waals surface area contributed by atoms with Gasteiger partial charge in [0.15, 0.2) is 0 Å². The number of nitrogens with zero attached hydrogens (tertiary/aromatic N) is 1. The molecule has 0 atom stereocenters. The number of rotatable bonds is 6. The first-order valence-electron chi connectivity index (χ1n) is 8.90. The van der Waals surface area contributed by atoms with Crippen LogP contribution in [0.25, 0.3) is 0 Å². The fourth-order valence-corrected chi connectivity index (χ4v) is 3.51. The van der Waals surface area contributed by atoms with Crippen molar-refractivity contribution in [2.45, 2.75) is 12.8 Å². The molecule has 0 aromatic heterocycles. The van der Waals surface area contributed by atoms with Crippen LogP contribution in [0.4, 0.5) is 11.4 Å². The number of carbonyl (C=O) groups is 3. The molecule has 1 fully saturated rings. The van der Waals surface area contributed by atoms with E-state index < -0.39 is 11.8 Å². The van der Waals surface area contributed by atoms with Crippen molar-refractivity contribution in [2.75, 3.05) is 30.4 Å². The van der Waals surface area contributed by atoms with E-state index in [1.165, 1.54) is 19.2 Å². The molecule has 29 heavy (non-hydrogen) atoms. The Hall–Kier alpha value is -2.77. The fraction of sp³-hybridized carbons (Fsp3) is 0.250. The summed E-state index contributed by atoms with van der Waals surface area (Å²) in [4.78, 5) is 38.0. The van der Waals surface area contributed by atoms with E-state index in [2.05, 4.69) is 10.6 Å². The Morgan fingerprint density at radius 3 is 2.62 bits per heavy atom. The quantitative estimate of drug-likeness (QED) is 0.726. The van der Waals surface area contributed by atoms with Crippen LogP contribution < -0.4 is 20.3 Å². The van der Waals surface area contributed by atoms with Crippen LogP contribution in [0.15, 0.2) is 36.4 Å². The summed E-state index contributed by atoms with van der Waals surface area (Å²) in [5.74, 6) is -0.378. The topological polar surface area (TPSA) is 87.7 Å². The number of benzene rings is 2. The highest BCUT2D eigenvalue weighted by Crippen LogP contribution is 2.33. The summed E-state index contributed by atoms with van der Waals surface area (Å²) in [5.41, 5.74) is 1.38. The second-order valence-corrected chi connectivity index (χ2v) is 7.23. The molecule has 0 unspecified atom stereocenters. The Morgan fingerprint density at radius 2 is 1.97 bits per heavy atom. The second kappa shape index (κ2) is 9.15. The Kier molecular flexibility index (Phi) is 6.61. The molecule has 1 aliphatic heterocycles. The zero-order chi connectivity index (χ0) is 21.0. The van der Waals surface area contributed by atoms with Gasteiger partial charge in [-0.05, 0) is 36.8 Å². The van der Waals surface area contributed by atoms with Gasteiger partial charge in [0.25, 0.3) is 5.91 Å². The zero-order valence-corrected chi connectivity index (χ0v) is 17.1. The van der Waals surface area contributed by atoms with Crippen molar-refractivity contribution in [1.29, 1.82) is 0 Å². The third kappa shape index (κ3) is 4.99. The standard InChI is InChI=1S/C20H19Cl2N3O4/c1-29-17-10-13(5-7-16(17)25-8-2-3-19(25)27)24-18(26)11-23-20(28)14-6-4-12(21)9-15(14)22/h4-7,9-10H,2-3,8,11H2,1H3,(H,23,28)(H,24,26). The number of nitrogens with one attached hydrogen (secondary N) is 2. The highest BCUT2D eigenvalue weighted by atomic mass is 35.5. The van der Waals surface area contributed by atoms with Crippen LogP contribution in [0, 0.1) is 0 Å². The smallest absolute Gasteiger partial charge is 0.253 e. The van der Waals surface area contributed by atoms with Gasteiger partial charge in [-0.1, -0.05) is 23.2 Å². The van der Waals surface area contributed by atoms with E-state index in [1.807, 2.05) is 0 Å². The van der Waals surface area contributed by atoms with Crippen molar-refractivity contribution in [3.8, 4) is 5.75 Å². The summed E-state index contributed by atoms with van der Waals surface area (Å²) in [6.45, 7) is 0.395. The van der Waals surface area contributed by atoms with Crippen LogP contribution in [0.1, 0.15) is 23.2 Å². The van der Waals surface area contributed by atoms with Crippen molar-refractivity contribution < 1.29 is 19.1 Å². The van der Waals surface area contributed by atoms with E-state index in [0.29, 0.717) is 35.1 Å². The molecule has 2 N–H and O–H groups in total. The molecule has 7 nitrogen and oxygen atoms in total. The van der Waals surface area contributed by atoms with Gasteiger partial charge in [-0.3, -0.25) is 14.4 Å². The van der Waals surface area contributed by atoms with Crippen LogP contribution >= 0.6 is 23.2 Å². The van der Waals surface area contributed by atoms with Gasteiger partial charge in [-0.25, -0.2) is 0 Å². The van der Waals surface area contributed by atoms with Crippen molar-refractivity contribution in [3.63, 3.8) is 0 Å². The molecule has 0 spiro atoms. The van der Waals surface area contributed by atoms with Crippen LogP contribution in [0.2, 0.25) is 10.0 Å². The van der Waals surface area contributed by atoms with E-state index in [1.54, 1.807) is 29.2 Å². The van der Waals surface area contributed by atoms with E-state index in [9.17, 15) is 14.4 Å². The highest BCUT2D eigenvalue weighted by molar-refractivity contribution is 6.36. The largest absolute Gasteiger partial charge is 0.494 e. The first-order chi connectivity index (χ1) is 13.9. The van der Waals surface area contributed by atoms with Gasteiger partial charge < -0.3 is 20.3 Å². The fourth-order valence-electron chi connectivity index (χ4n) is 3.02. The molecule has 0 bridgehead atoms. The molecule has 3 amide bonds. The normalized spacial score (nSPS) is 13.3. The molecule has 0 saturated carbocycles. The average molecular weight is 436 g/mol. The minimum atomic E-state index is -0.484. The molecule has 1 saturated heterocycles. The maximum atomic E-state index is 12.2. The number of halogens is 2. The molecule has 1 aliphatic rings. The average Bonchev–Trinajstić information content (AvgIpc) is 3.11. The van der Waals surface area contributed by atoms with Gasteiger partial charge in [0.2, 0.25) is 11.8 Å². The molecule has 0 aliphatic carbocycles. The van der Waals surface area contributed by atoms with Crippen molar-refractivity contribution in [3.05, 3.63) is 52.0 Å². The van der Waals surface area contributed by atoms with Crippen molar-refractivity contribution in [1.82, 2.24) is 5.32 Å². The Labute approximate surface area is 177 Å². The first-order valence-corrected chi connectivity index (χ1v) is 9.66. The maximum Gasteiger partial charge on any atom is 0.253 e. The van der Waals surface area contributed by atoms with Crippen LogP contribution in [-0.2, 0) is 9.59 Å². The van der Waals surface area contributed by atoms with Crippen LogP contribution in [0.3, 0.4) is 0 Å². The lowest BCUT2D eigenvalue weighted by molar-refractivity contribution is -0.117. The molecule has 152 valence electrons. The summed E-state index contributed by atoms with van der Waals surface area (Å²) < 4.78 is 5.37. The van der Waals surface area contributed by atoms with Gasteiger partial charge in [0.1, 0.15) is 5.75 Å². The molecule has 2 aromatic carbocycles. The minimum absolute atomic E-state index is 0.0451. The van der Waals surface area contributed by atoms with E-state index >= 15 is 0 Å². The first kappa shape index (κ1) is 21.0. The third-order valence-corrected chi connectivity index (χ3v) is 4.96. The lowest BCUT2D eigenvalue weighted by atomic mass is 10.2. The predicted molar refractivity (Wildman–Crippen MR) is 112 cm³/mol. The van der Waals surface area contributed by atoms with E-state index in [0.717, 1.165) is 6.42 Å². The minimum Gasteiger partial charge on any atom is -0.494 e. The third-order valence-electron chi connectivity index (χ3n) is 4.41. The summed E-state index contributed by atoms with van der Waals surface area (Å²) in [6, 6.07) is 9.53. The van der Waals surface area contributed by atoms with Gasteiger partial charge in [-0.15, -0.1) is 0 Å². The molecule has 0 radical (unpaired) electrons. The molecular weight excluding hydrogens is 417 g/mol. The molecule has 9 heteroatoms. The number of hydrogen-bond donors (Lipinski definition) is 2. The van der Waals surface area contributed by atoms with E-state index in [4.69, 9.17) is 27.9 Å². The Bertz CT molecular complexity index is 965. The number of carbonyl (C=O) groups excluding carboxylic acids is 3. The Morgan fingerprint density at radius 1 is 1.17 bits per heavy atom. The van der Waals surface area contributed by atoms with Crippen LogP contribution in [-0.4, -0.2) is 37.9 Å². The van der Waals surface area contributed by atoms with Gasteiger partial charge in [0.05, 0.1) is 29.9 Å². The monoisotopic (exact) mass is 435 g/mol. The lowest BCUT2D eigenvalue weighted by Crippen LogP contribution is -2.33. The van der Waals surface area contributed by atoms with Gasteiger partial charge >= 0.3 is 0 Å². The van der Waals surface area contributed by atoms with Gasteiger partial charge in [-0.2, -0.15) is 0 Å². The number of amides is 3. The van der Waals surface area contributed by atoms with Crippen LogP contribution in [0.5, 0.6) is 5.75 Å². The SMILES string of the molecule is COc1cc(NC(=O)CNC(=O)c2ccc(Cl)cc2Cl)ccc1N1CCCC1=O. The molecule has 2 aromatic rings. The van der Waals surface area contributed by atoms with Crippen molar-refractivity contribution in [2.24, 2.45) is 0 Å². The number of ether oxygens (including phenoxy) is 1.